The monoisotopic (exact) mass is 123 g/mol. The Labute approximate surface area is 53.4 Å². The standard InChI is InChI=1S/C7H7O2/c1-5-6(8)3-2-4-7(5)9/h2-4,8-9H,1H2. The molecule has 2 heteroatoms. The van der Waals surface area contributed by atoms with E-state index in [-0.39, 0.29) is 17.1 Å². The molecular weight excluding hydrogens is 116 g/mol. The van der Waals surface area contributed by atoms with E-state index < -0.39 is 0 Å². The molecule has 2 N–H and O–H groups in total. The van der Waals surface area contributed by atoms with E-state index in [1.54, 1.807) is 6.07 Å². The molecule has 0 aliphatic rings. The summed E-state index contributed by atoms with van der Waals surface area (Å²) in [5.74, 6) is 0.0463. The highest BCUT2D eigenvalue weighted by Crippen LogP contribution is 2.23. The maximum atomic E-state index is 8.88. The summed E-state index contributed by atoms with van der Waals surface area (Å²) < 4.78 is 0. The van der Waals surface area contributed by atoms with Crippen LogP contribution in [0.1, 0.15) is 5.56 Å². The van der Waals surface area contributed by atoms with E-state index in [2.05, 4.69) is 6.92 Å². The van der Waals surface area contributed by atoms with E-state index in [0.29, 0.717) is 0 Å². The Balaban J connectivity index is 3.25. The highest BCUT2D eigenvalue weighted by atomic mass is 16.3. The molecule has 0 atom stereocenters. The Morgan fingerprint density at radius 1 is 1.11 bits per heavy atom. The fourth-order valence-corrected chi connectivity index (χ4v) is 0.563. The van der Waals surface area contributed by atoms with Gasteiger partial charge in [0.05, 0.1) is 0 Å². The number of hydrogen-bond donors (Lipinski definition) is 2. The van der Waals surface area contributed by atoms with Crippen molar-refractivity contribution in [3.63, 3.8) is 0 Å². The molecular formula is C7H7O2. The van der Waals surface area contributed by atoms with Crippen LogP contribution in [0.3, 0.4) is 0 Å². The zero-order chi connectivity index (χ0) is 6.85. The molecule has 0 aliphatic heterocycles. The lowest BCUT2D eigenvalue weighted by molar-refractivity contribution is 0.446. The first-order chi connectivity index (χ1) is 4.22. The predicted molar refractivity (Wildman–Crippen MR) is 34.2 cm³/mol. The van der Waals surface area contributed by atoms with E-state index in [9.17, 15) is 0 Å². The average Bonchev–Trinajstić information content (AvgIpc) is 1.83. The molecule has 1 radical (unpaired) electrons. The van der Waals surface area contributed by atoms with Gasteiger partial charge in [-0.05, 0) is 19.1 Å². The zero-order valence-electron chi connectivity index (χ0n) is 4.83. The van der Waals surface area contributed by atoms with Gasteiger partial charge in [0.2, 0.25) is 0 Å². The molecule has 1 rings (SSSR count). The second-order valence-corrected chi connectivity index (χ2v) is 1.77. The first-order valence-electron chi connectivity index (χ1n) is 2.54. The topological polar surface area (TPSA) is 40.5 Å². The maximum absolute atomic E-state index is 8.88. The van der Waals surface area contributed by atoms with E-state index >= 15 is 0 Å². The van der Waals surface area contributed by atoms with Crippen molar-refractivity contribution in [1.29, 1.82) is 0 Å². The van der Waals surface area contributed by atoms with Crippen molar-refractivity contribution in [2.75, 3.05) is 0 Å². The summed E-state index contributed by atoms with van der Waals surface area (Å²) in [4.78, 5) is 0. The largest absolute Gasteiger partial charge is 0.508 e. The van der Waals surface area contributed by atoms with Crippen molar-refractivity contribution in [2.24, 2.45) is 0 Å². The fraction of sp³-hybridized carbons (Fsp3) is 0. The van der Waals surface area contributed by atoms with Crippen LogP contribution >= 0.6 is 0 Å². The lowest BCUT2D eigenvalue weighted by atomic mass is 10.2. The van der Waals surface area contributed by atoms with Crippen LogP contribution < -0.4 is 0 Å². The molecule has 0 bridgehead atoms. The molecule has 1 aromatic rings. The summed E-state index contributed by atoms with van der Waals surface area (Å²) in [6.07, 6.45) is 0. The summed E-state index contributed by atoms with van der Waals surface area (Å²) in [6, 6.07) is 4.50. The lowest BCUT2D eigenvalue weighted by Gasteiger charge is -1.97. The molecule has 2 nitrogen and oxygen atoms in total. The quantitative estimate of drug-likeness (QED) is 0.545. The van der Waals surface area contributed by atoms with Crippen molar-refractivity contribution in [3.8, 4) is 11.5 Å². The Hall–Kier alpha value is -1.18. The van der Waals surface area contributed by atoms with Crippen LogP contribution in [0.5, 0.6) is 11.5 Å². The SMILES string of the molecule is [CH2]c1c(O)cccc1O. The van der Waals surface area contributed by atoms with Gasteiger partial charge in [-0.2, -0.15) is 0 Å². The van der Waals surface area contributed by atoms with Gasteiger partial charge in [-0.1, -0.05) is 6.07 Å². The summed E-state index contributed by atoms with van der Waals surface area (Å²) in [5, 5.41) is 17.8. The first kappa shape index (κ1) is 5.95. The highest BCUT2D eigenvalue weighted by molar-refractivity contribution is 5.44. The molecule has 0 heterocycles. The van der Waals surface area contributed by atoms with Gasteiger partial charge >= 0.3 is 0 Å². The van der Waals surface area contributed by atoms with Gasteiger partial charge in [-0.3, -0.25) is 0 Å². The number of phenols is 2. The van der Waals surface area contributed by atoms with Crippen molar-refractivity contribution >= 4 is 0 Å². The Morgan fingerprint density at radius 3 is 1.89 bits per heavy atom. The molecule has 0 saturated carbocycles. The second-order valence-electron chi connectivity index (χ2n) is 1.77. The Bertz CT molecular complexity index is 198. The van der Waals surface area contributed by atoms with E-state index in [1.165, 1.54) is 12.1 Å². The van der Waals surface area contributed by atoms with Gasteiger partial charge in [-0.15, -0.1) is 0 Å². The highest BCUT2D eigenvalue weighted by Gasteiger charge is 1.97. The Morgan fingerprint density at radius 2 is 1.56 bits per heavy atom. The van der Waals surface area contributed by atoms with E-state index in [4.69, 9.17) is 10.2 Å². The minimum absolute atomic E-state index is 0.0231. The minimum Gasteiger partial charge on any atom is -0.508 e. The van der Waals surface area contributed by atoms with Crippen LogP contribution in [0.25, 0.3) is 0 Å². The number of rotatable bonds is 0. The predicted octanol–water partition coefficient (Wildman–Crippen LogP) is 1.28. The smallest absolute Gasteiger partial charge is 0.122 e. The van der Waals surface area contributed by atoms with Crippen molar-refractivity contribution < 1.29 is 10.2 Å². The number of benzene rings is 1. The molecule has 0 amide bonds. The molecule has 0 aliphatic carbocycles. The molecule has 0 fully saturated rings. The third kappa shape index (κ3) is 0.964. The van der Waals surface area contributed by atoms with Gasteiger partial charge in [0.25, 0.3) is 0 Å². The minimum atomic E-state index is 0.0231. The van der Waals surface area contributed by atoms with Crippen LogP contribution in [-0.4, -0.2) is 10.2 Å². The van der Waals surface area contributed by atoms with Gasteiger partial charge in [0.1, 0.15) is 11.5 Å². The van der Waals surface area contributed by atoms with Crippen LogP contribution in [0, 0.1) is 6.92 Å². The molecule has 0 spiro atoms. The molecule has 47 valence electrons. The van der Waals surface area contributed by atoms with E-state index in [0.717, 1.165) is 0 Å². The van der Waals surface area contributed by atoms with Gasteiger partial charge in [-0.25, -0.2) is 0 Å². The van der Waals surface area contributed by atoms with Crippen LogP contribution in [0.15, 0.2) is 18.2 Å². The first-order valence-corrected chi connectivity index (χ1v) is 2.54. The van der Waals surface area contributed by atoms with Crippen LogP contribution in [0.4, 0.5) is 0 Å². The lowest BCUT2D eigenvalue weighted by Crippen LogP contribution is -1.73. The number of phenolic OH excluding ortho intramolecular Hbond substituents is 2. The summed E-state index contributed by atoms with van der Waals surface area (Å²) in [7, 11) is 0. The summed E-state index contributed by atoms with van der Waals surface area (Å²) in [6.45, 7) is 3.42. The second kappa shape index (κ2) is 1.97. The van der Waals surface area contributed by atoms with Crippen molar-refractivity contribution in [3.05, 3.63) is 30.7 Å². The zero-order valence-corrected chi connectivity index (χ0v) is 4.83. The summed E-state index contributed by atoms with van der Waals surface area (Å²) >= 11 is 0. The molecule has 9 heavy (non-hydrogen) atoms. The molecule has 0 aromatic heterocycles. The Kier molecular flexibility index (Phi) is 1.30. The maximum Gasteiger partial charge on any atom is 0.122 e. The average molecular weight is 123 g/mol. The van der Waals surface area contributed by atoms with Gasteiger partial charge < -0.3 is 10.2 Å². The van der Waals surface area contributed by atoms with Crippen molar-refractivity contribution in [2.45, 2.75) is 0 Å². The van der Waals surface area contributed by atoms with Gasteiger partial charge in [0.15, 0.2) is 0 Å². The van der Waals surface area contributed by atoms with Crippen LogP contribution in [0.2, 0.25) is 0 Å². The van der Waals surface area contributed by atoms with E-state index in [1.807, 2.05) is 0 Å². The number of aromatic hydroxyl groups is 2. The third-order valence-electron chi connectivity index (χ3n) is 1.13. The number of hydrogen-bond acceptors (Lipinski definition) is 2. The fourth-order valence-electron chi connectivity index (χ4n) is 0.563. The van der Waals surface area contributed by atoms with Crippen LogP contribution in [-0.2, 0) is 0 Å². The molecule has 1 aromatic carbocycles. The molecule has 0 unspecified atom stereocenters. The normalized spacial score (nSPS) is 9.44. The third-order valence-corrected chi connectivity index (χ3v) is 1.13. The van der Waals surface area contributed by atoms with Crippen molar-refractivity contribution in [1.82, 2.24) is 0 Å². The summed E-state index contributed by atoms with van der Waals surface area (Å²) in [5.41, 5.74) is 0.275. The van der Waals surface area contributed by atoms with Gasteiger partial charge in [0, 0.05) is 5.56 Å². The molecule has 0 saturated heterocycles.